The van der Waals surface area contributed by atoms with Gasteiger partial charge in [-0.05, 0) is 38.6 Å². The van der Waals surface area contributed by atoms with Crippen molar-refractivity contribution in [3.05, 3.63) is 0 Å². The van der Waals surface area contributed by atoms with Gasteiger partial charge in [-0.3, -0.25) is 25.1 Å². The van der Waals surface area contributed by atoms with Gasteiger partial charge in [0, 0.05) is 63.8 Å². The van der Waals surface area contributed by atoms with Crippen LogP contribution in [-0.2, 0) is 14.3 Å². The Bertz CT molecular complexity index is 782. The van der Waals surface area contributed by atoms with Gasteiger partial charge in [0.15, 0.2) is 0 Å². The highest BCUT2D eigenvalue weighted by Crippen LogP contribution is 2.38. The molecule has 0 bridgehead atoms. The van der Waals surface area contributed by atoms with E-state index < -0.39 is 0 Å². The SMILES string of the molecule is COC1CNC(Cl)CC1C1CC(C)NCC1C(=O)NC1NC2CN(C(=O)C3CNCN3C)CC2S1. The first-order valence-corrected chi connectivity index (χ1v) is 14.3. The summed E-state index contributed by atoms with van der Waals surface area (Å²) in [5.41, 5.74) is -0.213. The van der Waals surface area contributed by atoms with E-state index in [0.717, 1.165) is 26.1 Å². The number of halogens is 1. The number of amides is 2. The highest BCUT2D eigenvalue weighted by molar-refractivity contribution is 8.00. The van der Waals surface area contributed by atoms with Crippen molar-refractivity contribution >= 4 is 35.2 Å². The summed E-state index contributed by atoms with van der Waals surface area (Å²) in [6.45, 7) is 6.45. The lowest BCUT2D eigenvalue weighted by molar-refractivity contribution is -0.134. The molecule has 0 spiro atoms. The van der Waals surface area contributed by atoms with E-state index in [9.17, 15) is 9.59 Å². The van der Waals surface area contributed by atoms with E-state index in [1.165, 1.54) is 0 Å². The van der Waals surface area contributed by atoms with Gasteiger partial charge in [-0.25, -0.2) is 0 Å². The first-order chi connectivity index (χ1) is 16.8. The fourth-order valence-electron chi connectivity index (χ4n) is 6.58. The van der Waals surface area contributed by atoms with Crippen molar-refractivity contribution in [1.82, 2.24) is 36.4 Å². The van der Waals surface area contributed by atoms with Crippen molar-refractivity contribution in [3.63, 3.8) is 0 Å². The van der Waals surface area contributed by atoms with Gasteiger partial charge in [0.1, 0.15) is 11.5 Å². The number of fused-ring (bicyclic) bond motifs is 1. The molecule has 10 nitrogen and oxygen atoms in total. The average Bonchev–Trinajstić information content (AvgIpc) is 3.53. The molecule has 0 aromatic heterocycles. The number of carbonyl (C=O) groups is 2. The van der Waals surface area contributed by atoms with E-state index in [1.807, 2.05) is 11.9 Å². The van der Waals surface area contributed by atoms with Gasteiger partial charge in [-0.2, -0.15) is 0 Å². The van der Waals surface area contributed by atoms with Crippen LogP contribution < -0.4 is 26.6 Å². The van der Waals surface area contributed by atoms with E-state index in [-0.39, 0.29) is 58.8 Å². The fourth-order valence-corrected chi connectivity index (χ4v) is 8.28. The average molecular weight is 530 g/mol. The van der Waals surface area contributed by atoms with Crippen LogP contribution in [0, 0.1) is 17.8 Å². The molecule has 2 amide bonds. The molecule has 0 aromatic rings. The van der Waals surface area contributed by atoms with Gasteiger partial charge < -0.3 is 25.6 Å². The number of piperidine rings is 2. The van der Waals surface area contributed by atoms with Crippen LogP contribution in [0.2, 0.25) is 0 Å². The molecule has 10 unspecified atom stereocenters. The molecule has 0 aliphatic carbocycles. The molecule has 5 aliphatic rings. The van der Waals surface area contributed by atoms with Gasteiger partial charge in [0.2, 0.25) is 11.8 Å². The number of likely N-dealkylation sites (tertiary alicyclic amines) is 1. The molecule has 5 N–H and O–H groups in total. The summed E-state index contributed by atoms with van der Waals surface area (Å²) in [5.74, 6) is 0.631. The second-order valence-corrected chi connectivity index (χ2v) is 12.7. The smallest absolute Gasteiger partial charge is 0.241 e. The maximum absolute atomic E-state index is 13.5. The lowest BCUT2D eigenvalue weighted by Gasteiger charge is -2.45. The third-order valence-electron chi connectivity index (χ3n) is 8.56. The standard InChI is InChI=1S/C23H40ClN7O3S/c1-12-4-13(14-5-20(24)27-8-18(14)34-3)15(6-26-12)21(32)29-23-28-16-9-31(10-19(16)35-23)22(33)17-7-25-11-30(17)2/h12-20,23,25-28H,4-11H2,1-3H3,(H,29,32). The zero-order valence-electron chi connectivity index (χ0n) is 20.8. The van der Waals surface area contributed by atoms with Crippen LogP contribution in [0.5, 0.6) is 0 Å². The molecular weight excluding hydrogens is 490 g/mol. The Hall–Kier alpha value is -0.660. The number of carbonyl (C=O) groups excluding carboxylic acids is 2. The molecule has 198 valence electrons. The first kappa shape index (κ1) is 26.0. The van der Waals surface area contributed by atoms with E-state index in [0.29, 0.717) is 37.5 Å². The van der Waals surface area contributed by atoms with Gasteiger partial charge in [-0.1, -0.05) is 0 Å². The Morgan fingerprint density at radius 2 is 1.94 bits per heavy atom. The molecule has 5 rings (SSSR count). The Morgan fingerprint density at radius 3 is 2.66 bits per heavy atom. The third-order valence-corrected chi connectivity index (χ3v) is 10.2. The van der Waals surface area contributed by atoms with Crippen LogP contribution in [0.3, 0.4) is 0 Å². The van der Waals surface area contributed by atoms with Crippen LogP contribution in [0.15, 0.2) is 0 Å². The van der Waals surface area contributed by atoms with Crippen molar-refractivity contribution in [2.75, 3.05) is 53.5 Å². The summed E-state index contributed by atoms with van der Waals surface area (Å²) in [6, 6.07) is 0.487. The molecule has 5 heterocycles. The van der Waals surface area contributed by atoms with Gasteiger partial charge >= 0.3 is 0 Å². The topological polar surface area (TPSA) is 110 Å². The maximum atomic E-state index is 13.5. The van der Waals surface area contributed by atoms with Crippen molar-refractivity contribution in [1.29, 1.82) is 0 Å². The summed E-state index contributed by atoms with van der Waals surface area (Å²) < 4.78 is 5.80. The van der Waals surface area contributed by atoms with Crippen LogP contribution in [0.4, 0.5) is 0 Å². The first-order valence-electron chi connectivity index (χ1n) is 12.9. The minimum Gasteiger partial charge on any atom is -0.380 e. The largest absolute Gasteiger partial charge is 0.380 e. The number of likely N-dealkylation sites (N-methyl/N-ethyl adjacent to an activating group) is 1. The molecule has 0 aromatic carbocycles. The van der Waals surface area contributed by atoms with Crippen LogP contribution in [0.25, 0.3) is 0 Å². The second kappa shape index (κ2) is 11.0. The molecular formula is C23H40ClN7O3S. The van der Waals surface area contributed by atoms with E-state index in [4.69, 9.17) is 16.3 Å². The quantitative estimate of drug-likeness (QED) is 0.225. The van der Waals surface area contributed by atoms with Crippen LogP contribution >= 0.6 is 23.4 Å². The minimum absolute atomic E-state index is 0.0616. The number of hydrogen-bond donors (Lipinski definition) is 5. The maximum Gasteiger partial charge on any atom is 0.241 e. The van der Waals surface area contributed by atoms with Crippen molar-refractivity contribution in [2.45, 2.75) is 60.2 Å². The molecule has 5 saturated heterocycles. The number of alkyl halides is 1. The summed E-state index contributed by atoms with van der Waals surface area (Å²) in [5, 5.41) is 17.2. The zero-order chi connectivity index (χ0) is 24.7. The van der Waals surface area contributed by atoms with Gasteiger partial charge in [0.05, 0.1) is 17.5 Å². The number of rotatable bonds is 5. The fraction of sp³-hybridized carbons (Fsp3) is 0.913. The van der Waals surface area contributed by atoms with E-state index >= 15 is 0 Å². The number of methoxy groups -OCH3 is 1. The Morgan fingerprint density at radius 1 is 1.11 bits per heavy atom. The number of ether oxygens (including phenoxy) is 1. The van der Waals surface area contributed by atoms with Crippen LogP contribution in [-0.4, -0.2) is 116 Å². The lowest BCUT2D eigenvalue weighted by atomic mass is 9.70. The number of nitrogens with zero attached hydrogens (tertiary/aromatic N) is 2. The van der Waals surface area contributed by atoms with E-state index in [2.05, 4.69) is 38.4 Å². The van der Waals surface area contributed by atoms with Gasteiger partial charge in [0.25, 0.3) is 0 Å². The monoisotopic (exact) mass is 529 g/mol. The van der Waals surface area contributed by atoms with Crippen molar-refractivity contribution in [3.8, 4) is 0 Å². The predicted molar refractivity (Wildman–Crippen MR) is 137 cm³/mol. The second-order valence-electron chi connectivity index (χ2n) is 10.8. The van der Waals surface area contributed by atoms with Gasteiger partial charge in [-0.15, -0.1) is 23.4 Å². The summed E-state index contributed by atoms with van der Waals surface area (Å²) in [7, 11) is 3.73. The molecule has 10 atom stereocenters. The molecule has 5 aliphatic heterocycles. The Kier molecular flexibility index (Phi) is 8.15. The molecule has 35 heavy (non-hydrogen) atoms. The summed E-state index contributed by atoms with van der Waals surface area (Å²) in [6.07, 6.45) is 1.80. The molecule has 0 radical (unpaired) electrons. The highest BCUT2D eigenvalue weighted by Gasteiger charge is 2.47. The van der Waals surface area contributed by atoms with Crippen LogP contribution in [0.1, 0.15) is 19.8 Å². The Labute approximate surface area is 217 Å². The number of nitrogens with one attached hydrogen (secondary N) is 5. The summed E-state index contributed by atoms with van der Waals surface area (Å²) >= 11 is 8.20. The lowest BCUT2D eigenvalue weighted by Crippen LogP contribution is -2.57. The predicted octanol–water partition coefficient (Wildman–Crippen LogP) is -1.03. The van der Waals surface area contributed by atoms with E-state index in [1.54, 1.807) is 18.9 Å². The number of hydrogen-bond acceptors (Lipinski definition) is 9. The minimum atomic E-state index is -0.127. The highest BCUT2D eigenvalue weighted by atomic mass is 35.5. The third kappa shape index (κ3) is 5.47. The Balaban J connectivity index is 1.17. The van der Waals surface area contributed by atoms with Crippen molar-refractivity contribution < 1.29 is 14.3 Å². The molecule has 0 saturated carbocycles. The molecule has 12 heteroatoms. The zero-order valence-corrected chi connectivity index (χ0v) is 22.4. The molecule has 5 fully saturated rings. The van der Waals surface area contributed by atoms with Crippen molar-refractivity contribution in [2.24, 2.45) is 17.8 Å². The number of thioether (sulfide) groups is 1. The summed E-state index contributed by atoms with van der Waals surface area (Å²) in [4.78, 5) is 30.5. The normalized spacial score (nSPS) is 44.4.